The van der Waals surface area contributed by atoms with Gasteiger partial charge >= 0.3 is 0 Å². The zero-order chi connectivity index (χ0) is 14.9. The highest BCUT2D eigenvalue weighted by Gasteiger charge is 2.13. The predicted octanol–water partition coefficient (Wildman–Crippen LogP) is 6.21. The minimum Gasteiger partial charge on any atom is -0.377 e. The summed E-state index contributed by atoms with van der Waals surface area (Å²) in [6, 6.07) is 6.54. The van der Waals surface area contributed by atoms with Gasteiger partial charge in [-0.2, -0.15) is 0 Å². The zero-order valence-electron chi connectivity index (χ0n) is 10.4. The first kappa shape index (κ1) is 15.5. The van der Waals surface area contributed by atoms with Gasteiger partial charge in [-0.25, -0.2) is 8.78 Å². The van der Waals surface area contributed by atoms with Crippen LogP contribution in [0.5, 0.6) is 0 Å². The van der Waals surface area contributed by atoms with Crippen LogP contribution in [0.4, 0.5) is 14.5 Å². The fourth-order valence-electron chi connectivity index (χ4n) is 1.78. The Morgan fingerprint density at radius 2 is 1.65 bits per heavy atom. The van der Waals surface area contributed by atoms with Crippen molar-refractivity contribution in [2.45, 2.75) is 13.0 Å². The van der Waals surface area contributed by atoms with Gasteiger partial charge in [-0.15, -0.1) is 0 Å². The molecule has 0 bridgehead atoms. The number of hydrogen-bond acceptors (Lipinski definition) is 1. The van der Waals surface area contributed by atoms with Gasteiger partial charge in [0.25, 0.3) is 0 Å². The number of anilines is 1. The van der Waals surface area contributed by atoms with Gasteiger partial charge in [0.15, 0.2) is 0 Å². The van der Waals surface area contributed by atoms with Gasteiger partial charge in [0, 0.05) is 16.6 Å². The first-order valence-electron chi connectivity index (χ1n) is 5.74. The molecule has 1 atom stereocenters. The summed E-state index contributed by atoms with van der Waals surface area (Å²) >= 11 is 15.4. The molecule has 2 aromatic carbocycles. The molecular formula is C14H10BrCl2F2N. The molecule has 0 aliphatic carbocycles. The summed E-state index contributed by atoms with van der Waals surface area (Å²) in [6.07, 6.45) is 0. The third kappa shape index (κ3) is 3.43. The van der Waals surface area contributed by atoms with Crippen molar-refractivity contribution in [3.63, 3.8) is 0 Å². The summed E-state index contributed by atoms with van der Waals surface area (Å²) in [5, 5.41) is 3.81. The monoisotopic (exact) mass is 379 g/mol. The molecule has 0 aromatic heterocycles. The van der Waals surface area contributed by atoms with Gasteiger partial charge < -0.3 is 5.32 Å². The second-order valence-electron chi connectivity index (χ2n) is 4.29. The van der Waals surface area contributed by atoms with Crippen molar-refractivity contribution < 1.29 is 8.78 Å². The van der Waals surface area contributed by atoms with Crippen LogP contribution in [-0.4, -0.2) is 0 Å². The van der Waals surface area contributed by atoms with Crippen LogP contribution >= 0.6 is 39.1 Å². The molecule has 2 rings (SSSR count). The van der Waals surface area contributed by atoms with Gasteiger partial charge in [0.1, 0.15) is 11.6 Å². The average molecular weight is 381 g/mol. The van der Waals surface area contributed by atoms with Gasteiger partial charge in [0.2, 0.25) is 0 Å². The Kier molecular flexibility index (Phi) is 4.89. The summed E-state index contributed by atoms with van der Waals surface area (Å²) in [4.78, 5) is 0. The smallest absolute Gasteiger partial charge is 0.126 e. The summed E-state index contributed by atoms with van der Waals surface area (Å²) in [6.45, 7) is 1.78. The highest BCUT2D eigenvalue weighted by molar-refractivity contribution is 9.10. The Morgan fingerprint density at radius 1 is 1.05 bits per heavy atom. The third-order valence-electron chi connectivity index (χ3n) is 2.79. The van der Waals surface area contributed by atoms with E-state index in [0.717, 1.165) is 6.07 Å². The van der Waals surface area contributed by atoms with E-state index in [0.29, 0.717) is 25.8 Å². The van der Waals surface area contributed by atoms with E-state index >= 15 is 0 Å². The molecule has 0 radical (unpaired) electrons. The van der Waals surface area contributed by atoms with Crippen LogP contribution in [-0.2, 0) is 0 Å². The second kappa shape index (κ2) is 6.29. The predicted molar refractivity (Wildman–Crippen MR) is 82.6 cm³/mol. The summed E-state index contributed by atoms with van der Waals surface area (Å²) in [7, 11) is 0. The van der Waals surface area contributed by atoms with Gasteiger partial charge in [0.05, 0.1) is 15.7 Å². The van der Waals surface area contributed by atoms with E-state index in [9.17, 15) is 8.78 Å². The molecule has 0 aliphatic heterocycles. The number of nitrogens with one attached hydrogen (secondary N) is 1. The molecular weight excluding hydrogens is 371 g/mol. The number of hydrogen-bond donors (Lipinski definition) is 1. The Morgan fingerprint density at radius 3 is 2.25 bits per heavy atom. The maximum Gasteiger partial charge on any atom is 0.126 e. The Bertz CT molecular complexity index is 629. The number of rotatable bonds is 3. The molecule has 0 heterocycles. The topological polar surface area (TPSA) is 12.0 Å². The molecule has 0 amide bonds. The van der Waals surface area contributed by atoms with Crippen LogP contribution in [0.3, 0.4) is 0 Å². The van der Waals surface area contributed by atoms with Crippen molar-refractivity contribution in [2.75, 3.05) is 5.32 Å². The molecule has 1 N–H and O–H groups in total. The van der Waals surface area contributed by atoms with Crippen LogP contribution in [0, 0.1) is 11.6 Å². The Balaban J connectivity index is 2.28. The molecule has 6 heteroatoms. The van der Waals surface area contributed by atoms with E-state index in [2.05, 4.69) is 21.2 Å². The summed E-state index contributed by atoms with van der Waals surface area (Å²) in [5.41, 5.74) is 1.08. The zero-order valence-corrected chi connectivity index (χ0v) is 13.5. The maximum atomic E-state index is 13.2. The minimum absolute atomic E-state index is 0.324. The third-order valence-corrected chi connectivity index (χ3v) is 4.56. The van der Waals surface area contributed by atoms with Gasteiger partial charge in [-0.1, -0.05) is 23.2 Å². The van der Waals surface area contributed by atoms with Crippen molar-refractivity contribution in [2.24, 2.45) is 0 Å². The standard InChI is InChI=1S/C14H10BrCl2F2N/c1-7(8-4-9(18)6-10(19)5-8)20-12-3-2-11(15)13(16)14(12)17/h2-7,20H,1H3. The fourth-order valence-corrected chi connectivity index (χ4v) is 2.61. The van der Waals surface area contributed by atoms with E-state index in [4.69, 9.17) is 23.2 Å². The molecule has 2 aromatic rings. The van der Waals surface area contributed by atoms with Crippen molar-refractivity contribution in [1.82, 2.24) is 0 Å². The number of halogens is 5. The Labute approximate surface area is 134 Å². The normalized spacial score (nSPS) is 12.3. The van der Waals surface area contributed by atoms with E-state index in [1.54, 1.807) is 19.1 Å². The lowest BCUT2D eigenvalue weighted by atomic mass is 10.1. The summed E-state index contributed by atoms with van der Waals surface area (Å²) in [5.74, 6) is -1.23. The fraction of sp³-hybridized carbons (Fsp3) is 0.143. The molecule has 0 aliphatic rings. The van der Waals surface area contributed by atoms with Crippen LogP contribution in [0.1, 0.15) is 18.5 Å². The molecule has 1 nitrogen and oxygen atoms in total. The van der Waals surface area contributed by atoms with Crippen LogP contribution < -0.4 is 5.32 Å². The quantitative estimate of drug-likeness (QED) is 0.624. The average Bonchev–Trinajstić information content (AvgIpc) is 2.38. The van der Waals surface area contributed by atoms with E-state index in [-0.39, 0.29) is 6.04 Å². The van der Waals surface area contributed by atoms with Crippen molar-refractivity contribution in [1.29, 1.82) is 0 Å². The van der Waals surface area contributed by atoms with Crippen LogP contribution in [0.25, 0.3) is 0 Å². The lowest BCUT2D eigenvalue weighted by Crippen LogP contribution is -2.08. The molecule has 106 valence electrons. The van der Waals surface area contributed by atoms with Crippen molar-refractivity contribution in [3.05, 3.63) is 62.0 Å². The number of benzene rings is 2. The summed E-state index contributed by atoms with van der Waals surface area (Å²) < 4.78 is 27.1. The van der Waals surface area contributed by atoms with E-state index in [1.165, 1.54) is 12.1 Å². The SMILES string of the molecule is CC(Nc1ccc(Br)c(Cl)c1Cl)c1cc(F)cc(F)c1. The van der Waals surface area contributed by atoms with Crippen LogP contribution in [0.15, 0.2) is 34.8 Å². The highest BCUT2D eigenvalue weighted by atomic mass is 79.9. The minimum atomic E-state index is -0.617. The molecule has 0 saturated heterocycles. The second-order valence-corrected chi connectivity index (χ2v) is 5.90. The first-order chi connectivity index (χ1) is 9.38. The Hall–Kier alpha value is -0.840. The largest absolute Gasteiger partial charge is 0.377 e. The molecule has 0 spiro atoms. The maximum absolute atomic E-state index is 13.2. The van der Waals surface area contributed by atoms with E-state index in [1.807, 2.05) is 0 Å². The van der Waals surface area contributed by atoms with Crippen LogP contribution in [0.2, 0.25) is 10.0 Å². The van der Waals surface area contributed by atoms with E-state index < -0.39 is 11.6 Å². The van der Waals surface area contributed by atoms with Crippen molar-refractivity contribution >= 4 is 44.8 Å². The van der Waals surface area contributed by atoms with Crippen molar-refractivity contribution in [3.8, 4) is 0 Å². The highest BCUT2D eigenvalue weighted by Crippen LogP contribution is 2.37. The lowest BCUT2D eigenvalue weighted by molar-refractivity contribution is 0.577. The molecule has 0 fully saturated rings. The molecule has 0 saturated carbocycles. The molecule has 20 heavy (non-hydrogen) atoms. The van der Waals surface area contributed by atoms with Gasteiger partial charge in [-0.05, 0) is 52.7 Å². The first-order valence-corrected chi connectivity index (χ1v) is 7.29. The van der Waals surface area contributed by atoms with Gasteiger partial charge in [-0.3, -0.25) is 0 Å². The lowest BCUT2D eigenvalue weighted by Gasteiger charge is -2.18. The molecule has 1 unspecified atom stereocenters.